The number of nitro benzene ring substituents is 1. The maximum absolute atomic E-state index is 13.4. The first kappa shape index (κ1) is 14.0. The molecule has 0 radical (unpaired) electrons. The van der Waals surface area contributed by atoms with Crippen LogP contribution in [0.5, 0.6) is 5.75 Å². The fourth-order valence-corrected chi connectivity index (χ4v) is 1.67. The molecular formula is C14H12FNO4. The SMILES string of the molecule is O=[N+]([O-])c1ccc(OCC(O)c2ccccc2)cc1F. The molecule has 0 saturated carbocycles. The average Bonchev–Trinajstić information content (AvgIpc) is 2.45. The first-order chi connectivity index (χ1) is 9.58. The monoisotopic (exact) mass is 277 g/mol. The Morgan fingerprint density at radius 1 is 1.25 bits per heavy atom. The Morgan fingerprint density at radius 2 is 1.95 bits per heavy atom. The van der Waals surface area contributed by atoms with Crippen molar-refractivity contribution in [3.8, 4) is 5.75 Å². The maximum atomic E-state index is 13.4. The Morgan fingerprint density at radius 3 is 2.55 bits per heavy atom. The summed E-state index contributed by atoms with van der Waals surface area (Å²) in [6.07, 6.45) is -0.852. The maximum Gasteiger partial charge on any atom is 0.305 e. The number of hydrogen-bond donors (Lipinski definition) is 1. The summed E-state index contributed by atoms with van der Waals surface area (Å²) < 4.78 is 18.6. The Bertz CT molecular complexity index is 603. The molecule has 6 heteroatoms. The first-order valence-electron chi connectivity index (χ1n) is 5.87. The Kier molecular flexibility index (Phi) is 4.27. The molecule has 20 heavy (non-hydrogen) atoms. The van der Waals surface area contributed by atoms with Crippen LogP contribution < -0.4 is 4.74 Å². The number of rotatable bonds is 5. The molecule has 0 heterocycles. The number of ether oxygens (including phenoxy) is 1. The molecule has 2 aromatic rings. The fraction of sp³-hybridized carbons (Fsp3) is 0.143. The number of aliphatic hydroxyl groups is 1. The van der Waals surface area contributed by atoms with Crippen LogP contribution in [0.4, 0.5) is 10.1 Å². The normalized spacial score (nSPS) is 11.9. The van der Waals surface area contributed by atoms with Crippen molar-refractivity contribution in [3.05, 3.63) is 70.0 Å². The van der Waals surface area contributed by atoms with E-state index >= 15 is 0 Å². The molecule has 104 valence electrons. The second-order valence-corrected chi connectivity index (χ2v) is 4.11. The van der Waals surface area contributed by atoms with Crippen LogP contribution in [0.15, 0.2) is 48.5 Å². The van der Waals surface area contributed by atoms with Gasteiger partial charge in [-0.1, -0.05) is 30.3 Å². The zero-order valence-corrected chi connectivity index (χ0v) is 10.4. The first-order valence-corrected chi connectivity index (χ1v) is 5.87. The Hall–Kier alpha value is -2.47. The lowest BCUT2D eigenvalue weighted by Gasteiger charge is -2.12. The highest BCUT2D eigenvalue weighted by atomic mass is 19.1. The molecule has 0 fully saturated rings. The van der Waals surface area contributed by atoms with Crippen LogP contribution in [0.3, 0.4) is 0 Å². The van der Waals surface area contributed by atoms with E-state index in [1.54, 1.807) is 24.3 Å². The van der Waals surface area contributed by atoms with Crippen LogP contribution in [0.2, 0.25) is 0 Å². The minimum atomic E-state index is -0.971. The highest BCUT2D eigenvalue weighted by molar-refractivity contribution is 5.38. The molecule has 2 aromatic carbocycles. The number of halogens is 1. The zero-order valence-electron chi connectivity index (χ0n) is 10.4. The van der Waals surface area contributed by atoms with Crippen LogP contribution >= 0.6 is 0 Å². The highest BCUT2D eigenvalue weighted by Crippen LogP contribution is 2.23. The smallest absolute Gasteiger partial charge is 0.305 e. The van der Waals surface area contributed by atoms with Gasteiger partial charge in [-0.05, 0) is 11.6 Å². The predicted molar refractivity (Wildman–Crippen MR) is 70.0 cm³/mol. The van der Waals surface area contributed by atoms with Crippen molar-refractivity contribution < 1.29 is 19.2 Å². The molecule has 1 atom stereocenters. The lowest BCUT2D eigenvalue weighted by atomic mass is 10.1. The van der Waals surface area contributed by atoms with E-state index in [2.05, 4.69) is 0 Å². The molecular weight excluding hydrogens is 265 g/mol. The van der Waals surface area contributed by atoms with Crippen molar-refractivity contribution >= 4 is 5.69 Å². The third-order valence-corrected chi connectivity index (χ3v) is 2.71. The van der Waals surface area contributed by atoms with Gasteiger partial charge in [-0.25, -0.2) is 0 Å². The molecule has 2 rings (SSSR count). The summed E-state index contributed by atoms with van der Waals surface area (Å²) in [4.78, 5) is 9.66. The van der Waals surface area contributed by atoms with Crippen LogP contribution in [0.25, 0.3) is 0 Å². The van der Waals surface area contributed by atoms with Gasteiger partial charge in [0.2, 0.25) is 5.82 Å². The number of nitrogens with zero attached hydrogens (tertiary/aromatic N) is 1. The lowest BCUT2D eigenvalue weighted by molar-refractivity contribution is -0.387. The molecule has 1 unspecified atom stereocenters. The van der Waals surface area contributed by atoms with Crippen molar-refractivity contribution in [1.82, 2.24) is 0 Å². The third kappa shape index (κ3) is 3.30. The lowest BCUT2D eigenvalue weighted by Crippen LogP contribution is -2.09. The molecule has 0 spiro atoms. The number of benzene rings is 2. The van der Waals surface area contributed by atoms with Gasteiger partial charge in [0.25, 0.3) is 0 Å². The van der Waals surface area contributed by atoms with Crippen molar-refractivity contribution in [3.63, 3.8) is 0 Å². The third-order valence-electron chi connectivity index (χ3n) is 2.71. The quantitative estimate of drug-likeness (QED) is 0.673. The van der Waals surface area contributed by atoms with Gasteiger partial charge in [0.05, 0.1) is 4.92 Å². The van der Waals surface area contributed by atoms with Gasteiger partial charge in [0.15, 0.2) is 0 Å². The van der Waals surface area contributed by atoms with Gasteiger partial charge in [-0.3, -0.25) is 10.1 Å². The Labute approximate surface area is 114 Å². The predicted octanol–water partition coefficient (Wildman–Crippen LogP) is 2.85. The molecule has 0 saturated heterocycles. The second kappa shape index (κ2) is 6.12. The summed E-state index contributed by atoms with van der Waals surface area (Å²) in [6, 6.07) is 12.1. The summed E-state index contributed by atoms with van der Waals surface area (Å²) in [7, 11) is 0. The highest BCUT2D eigenvalue weighted by Gasteiger charge is 2.15. The van der Waals surface area contributed by atoms with Gasteiger partial charge in [-0.2, -0.15) is 4.39 Å². The average molecular weight is 277 g/mol. The summed E-state index contributed by atoms with van der Waals surface area (Å²) in [5.41, 5.74) is 0.0656. The molecule has 0 aliphatic heterocycles. The van der Waals surface area contributed by atoms with Crippen molar-refractivity contribution in [1.29, 1.82) is 0 Å². The van der Waals surface area contributed by atoms with Crippen LogP contribution in [0, 0.1) is 15.9 Å². The van der Waals surface area contributed by atoms with E-state index in [0.29, 0.717) is 5.56 Å². The summed E-state index contributed by atoms with van der Waals surface area (Å²) >= 11 is 0. The number of aliphatic hydroxyl groups excluding tert-OH is 1. The van der Waals surface area contributed by atoms with Gasteiger partial charge in [-0.15, -0.1) is 0 Å². The number of hydrogen-bond acceptors (Lipinski definition) is 4. The topological polar surface area (TPSA) is 72.6 Å². The van der Waals surface area contributed by atoms with Crippen molar-refractivity contribution in [2.45, 2.75) is 6.10 Å². The Balaban J connectivity index is 2.01. The molecule has 0 amide bonds. The molecule has 0 aromatic heterocycles. The summed E-state index contributed by atoms with van der Waals surface area (Å²) in [5.74, 6) is -0.843. The van der Waals surface area contributed by atoms with Crippen LogP contribution in [0.1, 0.15) is 11.7 Å². The van der Waals surface area contributed by atoms with E-state index < -0.39 is 22.5 Å². The van der Waals surface area contributed by atoms with Gasteiger partial charge in [0, 0.05) is 12.1 Å². The fourth-order valence-electron chi connectivity index (χ4n) is 1.67. The molecule has 1 N–H and O–H groups in total. The van der Waals surface area contributed by atoms with Gasteiger partial charge in [0.1, 0.15) is 18.5 Å². The van der Waals surface area contributed by atoms with Crippen LogP contribution in [-0.2, 0) is 0 Å². The van der Waals surface area contributed by atoms with Crippen molar-refractivity contribution in [2.24, 2.45) is 0 Å². The van der Waals surface area contributed by atoms with E-state index in [-0.39, 0.29) is 12.4 Å². The summed E-state index contributed by atoms with van der Waals surface area (Å²) in [5, 5.41) is 20.3. The molecule has 5 nitrogen and oxygen atoms in total. The number of nitro groups is 1. The summed E-state index contributed by atoms with van der Waals surface area (Å²) in [6.45, 7) is -0.0682. The zero-order chi connectivity index (χ0) is 14.5. The second-order valence-electron chi connectivity index (χ2n) is 4.11. The van der Waals surface area contributed by atoms with E-state index in [4.69, 9.17) is 4.74 Å². The minimum absolute atomic E-state index is 0.0682. The molecule has 0 aliphatic rings. The van der Waals surface area contributed by atoms with E-state index in [1.165, 1.54) is 6.07 Å². The largest absolute Gasteiger partial charge is 0.490 e. The molecule has 0 bridgehead atoms. The van der Waals surface area contributed by atoms with Crippen LogP contribution in [-0.4, -0.2) is 16.6 Å². The van der Waals surface area contributed by atoms with Gasteiger partial charge < -0.3 is 9.84 Å². The van der Waals surface area contributed by atoms with Crippen molar-refractivity contribution in [2.75, 3.05) is 6.61 Å². The minimum Gasteiger partial charge on any atom is -0.490 e. The molecule has 0 aliphatic carbocycles. The van der Waals surface area contributed by atoms with Gasteiger partial charge >= 0.3 is 5.69 Å². The van der Waals surface area contributed by atoms with E-state index in [0.717, 1.165) is 12.1 Å². The van der Waals surface area contributed by atoms with E-state index in [9.17, 15) is 19.6 Å². The van der Waals surface area contributed by atoms with E-state index in [1.807, 2.05) is 6.07 Å². The standard InChI is InChI=1S/C14H12FNO4/c15-12-8-11(6-7-13(12)16(18)19)20-9-14(17)10-4-2-1-3-5-10/h1-8,14,17H,9H2.